The largest absolute Gasteiger partial charge is 0.467 e. The Morgan fingerprint density at radius 1 is 1.29 bits per heavy atom. The van der Waals surface area contributed by atoms with Gasteiger partial charge in [0.15, 0.2) is 6.10 Å². The fraction of sp³-hybridized carbons (Fsp3) is 0.176. The molecule has 3 aromatic rings. The van der Waals surface area contributed by atoms with E-state index in [1.54, 1.807) is 30.3 Å². The molecule has 0 fully saturated rings. The first kappa shape index (κ1) is 16.1. The van der Waals surface area contributed by atoms with Crippen LogP contribution in [0.25, 0.3) is 11.0 Å². The number of ether oxygens (including phenoxy) is 1. The zero-order chi connectivity index (χ0) is 17.1. The molecule has 3 rings (SSSR count). The normalized spacial score (nSPS) is 12.1. The summed E-state index contributed by atoms with van der Waals surface area (Å²) >= 11 is 5.89. The molecule has 0 saturated heterocycles. The smallest absolute Gasteiger partial charge is 0.375 e. The maximum atomic E-state index is 12.1. The van der Waals surface area contributed by atoms with Gasteiger partial charge in [-0.05, 0) is 43.3 Å². The number of rotatable bonds is 5. The van der Waals surface area contributed by atoms with E-state index >= 15 is 0 Å². The van der Waals surface area contributed by atoms with Crippen molar-refractivity contribution in [2.24, 2.45) is 0 Å². The Balaban J connectivity index is 1.61. The van der Waals surface area contributed by atoms with Gasteiger partial charge in [0, 0.05) is 10.4 Å². The second-order valence-electron chi connectivity index (χ2n) is 5.14. The maximum absolute atomic E-state index is 12.1. The van der Waals surface area contributed by atoms with Gasteiger partial charge in [-0.3, -0.25) is 4.79 Å². The molecule has 1 amide bonds. The molecule has 0 aliphatic rings. The van der Waals surface area contributed by atoms with E-state index in [9.17, 15) is 9.59 Å². The number of carbonyl (C=O) groups is 2. The van der Waals surface area contributed by atoms with Crippen LogP contribution < -0.4 is 5.32 Å². The lowest BCUT2D eigenvalue weighted by atomic mass is 10.2. The topological polar surface area (TPSA) is 81.7 Å². The van der Waals surface area contributed by atoms with Crippen molar-refractivity contribution in [2.45, 2.75) is 19.6 Å². The van der Waals surface area contributed by atoms with E-state index in [2.05, 4.69) is 5.32 Å². The van der Waals surface area contributed by atoms with Crippen LogP contribution in [0.1, 0.15) is 23.2 Å². The number of benzene rings is 1. The number of carbonyl (C=O) groups excluding carboxylic acids is 2. The van der Waals surface area contributed by atoms with Crippen LogP contribution in [0.5, 0.6) is 0 Å². The Morgan fingerprint density at radius 2 is 2.12 bits per heavy atom. The van der Waals surface area contributed by atoms with E-state index in [1.165, 1.54) is 19.3 Å². The number of furan rings is 2. The van der Waals surface area contributed by atoms with E-state index in [0.717, 1.165) is 0 Å². The fourth-order valence-electron chi connectivity index (χ4n) is 2.12. The number of halogens is 1. The first-order chi connectivity index (χ1) is 11.5. The van der Waals surface area contributed by atoms with Crippen LogP contribution in [0.2, 0.25) is 5.02 Å². The monoisotopic (exact) mass is 347 g/mol. The first-order valence-corrected chi connectivity index (χ1v) is 7.61. The Bertz CT molecular complexity index is 868. The lowest BCUT2D eigenvalue weighted by molar-refractivity contribution is -0.129. The Labute approximate surface area is 142 Å². The molecule has 0 aliphatic heterocycles. The zero-order valence-corrected chi connectivity index (χ0v) is 13.5. The molecule has 1 N–H and O–H groups in total. The van der Waals surface area contributed by atoms with Crippen molar-refractivity contribution < 1.29 is 23.2 Å². The van der Waals surface area contributed by atoms with Gasteiger partial charge in [-0.1, -0.05) is 11.6 Å². The lowest BCUT2D eigenvalue weighted by Crippen LogP contribution is -2.35. The number of hydrogen-bond acceptors (Lipinski definition) is 5. The molecule has 0 spiro atoms. The SMILES string of the molecule is C[C@H](OC(=O)c1cc2cc(Cl)ccc2o1)C(=O)NCc1ccco1. The number of nitrogens with one attached hydrogen (secondary N) is 1. The molecule has 7 heteroatoms. The standard InChI is InChI=1S/C17H14ClNO5/c1-10(16(20)19-9-13-3-2-6-22-13)23-17(21)15-8-11-7-12(18)4-5-14(11)24-15/h2-8,10H,9H2,1H3,(H,19,20)/t10-/m0/s1. The molecule has 2 heterocycles. The third-order valence-corrected chi connectivity index (χ3v) is 3.58. The summed E-state index contributed by atoms with van der Waals surface area (Å²) in [7, 11) is 0. The number of hydrogen-bond donors (Lipinski definition) is 1. The van der Waals surface area contributed by atoms with Crippen LogP contribution in [0.15, 0.2) is 51.5 Å². The van der Waals surface area contributed by atoms with E-state index < -0.39 is 18.0 Å². The van der Waals surface area contributed by atoms with Gasteiger partial charge in [-0.2, -0.15) is 0 Å². The van der Waals surface area contributed by atoms with Crippen LogP contribution in [-0.4, -0.2) is 18.0 Å². The highest BCUT2D eigenvalue weighted by atomic mass is 35.5. The molecule has 24 heavy (non-hydrogen) atoms. The second-order valence-corrected chi connectivity index (χ2v) is 5.57. The molecule has 2 aromatic heterocycles. The Morgan fingerprint density at radius 3 is 2.88 bits per heavy atom. The minimum Gasteiger partial charge on any atom is -0.467 e. The third-order valence-electron chi connectivity index (χ3n) is 3.35. The molecule has 0 radical (unpaired) electrons. The summed E-state index contributed by atoms with van der Waals surface area (Å²) < 4.78 is 15.6. The summed E-state index contributed by atoms with van der Waals surface area (Å²) in [5.74, 6) is -0.532. The van der Waals surface area contributed by atoms with Crippen molar-refractivity contribution >= 4 is 34.4 Å². The van der Waals surface area contributed by atoms with E-state index in [-0.39, 0.29) is 12.3 Å². The number of esters is 1. The van der Waals surface area contributed by atoms with Crippen molar-refractivity contribution in [3.8, 4) is 0 Å². The fourth-order valence-corrected chi connectivity index (χ4v) is 2.30. The van der Waals surface area contributed by atoms with Gasteiger partial charge in [0.1, 0.15) is 11.3 Å². The van der Waals surface area contributed by atoms with E-state index in [0.29, 0.717) is 21.8 Å². The van der Waals surface area contributed by atoms with Crippen LogP contribution in [-0.2, 0) is 16.1 Å². The zero-order valence-electron chi connectivity index (χ0n) is 12.7. The Kier molecular flexibility index (Phi) is 4.57. The molecular weight excluding hydrogens is 334 g/mol. The summed E-state index contributed by atoms with van der Waals surface area (Å²) in [6.45, 7) is 1.70. The minimum atomic E-state index is -0.968. The molecule has 0 bridgehead atoms. The summed E-state index contributed by atoms with van der Waals surface area (Å²) in [6, 6.07) is 9.98. The average Bonchev–Trinajstić information content (AvgIpc) is 3.21. The molecular formula is C17H14ClNO5. The van der Waals surface area contributed by atoms with Crippen LogP contribution in [0, 0.1) is 0 Å². The summed E-state index contributed by atoms with van der Waals surface area (Å²) in [4.78, 5) is 24.0. The molecule has 6 nitrogen and oxygen atoms in total. The van der Waals surface area contributed by atoms with Gasteiger partial charge in [-0.25, -0.2) is 4.79 Å². The highest BCUT2D eigenvalue weighted by Crippen LogP contribution is 2.23. The predicted octanol–water partition coefficient (Wildman–Crippen LogP) is 3.54. The molecule has 1 aromatic carbocycles. The Hall–Kier alpha value is -2.73. The van der Waals surface area contributed by atoms with Crippen LogP contribution in [0.4, 0.5) is 0 Å². The highest BCUT2D eigenvalue weighted by molar-refractivity contribution is 6.31. The van der Waals surface area contributed by atoms with Crippen LogP contribution in [0.3, 0.4) is 0 Å². The van der Waals surface area contributed by atoms with Gasteiger partial charge >= 0.3 is 5.97 Å². The summed E-state index contributed by atoms with van der Waals surface area (Å²) in [6.07, 6.45) is 0.544. The van der Waals surface area contributed by atoms with Crippen LogP contribution >= 0.6 is 11.6 Å². The third kappa shape index (κ3) is 3.60. The van der Waals surface area contributed by atoms with Gasteiger partial charge < -0.3 is 18.9 Å². The first-order valence-electron chi connectivity index (χ1n) is 7.23. The minimum absolute atomic E-state index is 0.0120. The van der Waals surface area contributed by atoms with Gasteiger partial charge in [0.05, 0.1) is 12.8 Å². The van der Waals surface area contributed by atoms with Crippen molar-refractivity contribution in [1.29, 1.82) is 0 Å². The van der Waals surface area contributed by atoms with Crippen molar-refractivity contribution in [3.63, 3.8) is 0 Å². The maximum Gasteiger partial charge on any atom is 0.375 e. The summed E-state index contributed by atoms with van der Waals surface area (Å²) in [5.41, 5.74) is 0.515. The van der Waals surface area contributed by atoms with Gasteiger partial charge in [0.25, 0.3) is 5.91 Å². The summed E-state index contributed by atoms with van der Waals surface area (Å²) in [5, 5.41) is 3.84. The molecule has 1 atom stereocenters. The second kappa shape index (κ2) is 6.80. The quantitative estimate of drug-likeness (QED) is 0.714. The van der Waals surface area contributed by atoms with Crippen molar-refractivity contribution in [1.82, 2.24) is 5.32 Å². The van der Waals surface area contributed by atoms with Crippen molar-refractivity contribution in [3.05, 3.63) is 59.2 Å². The predicted molar refractivity (Wildman–Crippen MR) is 86.7 cm³/mol. The number of amides is 1. The lowest BCUT2D eigenvalue weighted by Gasteiger charge is -2.11. The molecule has 124 valence electrons. The van der Waals surface area contributed by atoms with E-state index in [1.807, 2.05) is 0 Å². The van der Waals surface area contributed by atoms with Gasteiger partial charge in [0.2, 0.25) is 5.76 Å². The van der Waals surface area contributed by atoms with Gasteiger partial charge in [-0.15, -0.1) is 0 Å². The highest BCUT2D eigenvalue weighted by Gasteiger charge is 2.21. The van der Waals surface area contributed by atoms with Crippen molar-refractivity contribution in [2.75, 3.05) is 0 Å². The molecule has 0 aliphatic carbocycles. The average molecular weight is 348 g/mol. The van der Waals surface area contributed by atoms with E-state index in [4.69, 9.17) is 25.2 Å². The molecule has 0 saturated carbocycles. The molecule has 0 unspecified atom stereocenters. The number of fused-ring (bicyclic) bond motifs is 1.